The number of nitrogens with one attached hydrogen (secondary N) is 1. The maximum atomic E-state index is 11.5. The van der Waals surface area contributed by atoms with Crippen molar-refractivity contribution in [2.45, 2.75) is 13.8 Å². The number of nitrogens with zero attached hydrogens (tertiary/aromatic N) is 2. The normalized spacial score (nSPS) is 8.73. The lowest BCUT2D eigenvalue weighted by molar-refractivity contribution is -0.117. The van der Waals surface area contributed by atoms with Crippen LogP contribution in [0, 0.1) is 11.3 Å². The van der Waals surface area contributed by atoms with Gasteiger partial charge in [0.2, 0.25) is 0 Å². The first-order chi connectivity index (χ1) is 7.06. The minimum absolute atomic E-state index is 0.111. The lowest BCUT2D eigenvalue weighted by Gasteiger charge is -2.03. The topological polar surface area (TPSA) is 65.2 Å². The van der Waals surface area contributed by atoms with Crippen molar-refractivity contribution < 1.29 is 4.79 Å². The van der Waals surface area contributed by atoms with Crippen molar-refractivity contribution >= 4 is 35.1 Å². The summed E-state index contributed by atoms with van der Waals surface area (Å²) < 4.78 is 0.693. The summed E-state index contributed by atoms with van der Waals surface area (Å²) >= 11 is 2.75. The summed E-state index contributed by atoms with van der Waals surface area (Å²) in [4.78, 5) is 11.5. The molecule has 1 amide bonds. The van der Waals surface area contributed by atoms with Crippen LogP contribution in [-0.4, -0.2) is 24.1 Å². The predicted molar refractivity (Wildman–Crippen MR) is 66.6 cm³/mol. The second-order valence-electron chi connectivity index (χ2n) is 2.68. The minimum Gasteiger partial charge on any atom is -0.266 e. The van der Waals surface area contributed by atoms with E-state index in [1.165, 1.54) is 23.5 Å². The van der Waals surface area contributed by atoms with Gasteiger partial charge in [0.15, 0.2) is 0 Å². The van der Waals surface area contributed by atoms with Crippen LogP contribution in [0.4, 0.5) is 0 Å². The van der Waals surface area contributed by atoms with Crippen LogP contribution in [0.1, 0.15) is 13.8 Å². The lowest BCUT2D eigenvalue weighted by atomic mass is 10.3. The SMILES string of the molecule is CSC(SC)=C(C#N)C(=O)NN=C(C)C. The van der Waals surface area contributed by atoms with E-state index >= 15 is 0 Å². The molecule has 0 bridgehead atoms. The van der Waals surface area contributed by atoms with E-state index in [1.54, 1.807) is 13.8 Å². The largest absolute Gasteiger partial charge is 0.283 e. The van der Waals surface area contributed by atoms with E-state index in [2.05, 4.69) is 10.5 Å². The van der Waals surface area contributed by atoms with E-state index in [0.717, 1.165) is 5.71 Å². The number of hydrogen-bond donors (Lipinski definition) is 1. The van der Waals surface area contributed by atoms with Crippen LogP contribution in [-0.2, 0) is 4.79 Å². The van der Waals surface area contributed by atoms with Crippen LogP contribution in [0.5, 0.6) is 0 Å². The molecule has 0 unspecified atom stereocenters. The van der Waals surface area contributed by atoms with E-state index < -0.39 is 5.91 Å². The Morgan fingerprint density at radius 2 is 1.87 bits per heavy atom. The Kier molecular flexibility index (Phi) is 6.92. The number of carbonyl (C=O) groups excluding carboxylic acids is 1. The van der Waals surface area contributed by atoms with Crippen LogP contribution in [0.25, 0.3) is 0 Å². The average Bonchev–Trinajstić information content (AvgIpc) is 2.22. The van der Waals surface area contributed by atoms with E-state index in [4.69, 9.17) is 5.26 Å². The number of carbonyl (C=O) groups is 1. The summed E-state index contributed by atoms with van der Waals surface area (Å²) in [5.41, 5.74) is 3.17. The molecule has 0 saturated heterocycles. The smallest absolute Gasteiger partial charge is 0.266 e. The molecule has 0 radical (unpaired) electrons. The number of hydrogen-bond acceptors (Lipinski definition) is 5. The van der Waals surface area contributed by atoms with Gasteiger partial charge < -0.3 is 0 Å². The number of amides is 1. The summed E-state index contributed by atoms with van der Waals surface area (Å²) in [6.45, 7) is 3.53. The van der Waals surface area contributed by atoms with Gasteiger partial charge in [-0.15, -0.1) is 23.5 Å². The highest BCUT2D eigenvalue weighted by Gasteiger charge is 2.13. The van der Waals surface area contributed by atoms with Gasteiger partial charge in [0.25, 0.3) is 5.91 Å². The summed E-state index contributed by atoms with van der Waals surface area (Å²) in [5.74, 6) is -0.461. The zero-order valence-corrected chi connectivity index (χ0v) is 10.8. The third-order valence-corrected chi connectivity index (χ3v) is 3.44. The van der Waals surface area contributed by atoms with Crippen LogP contribution in [0.15, 0.2) is 14.9 Å². The van der Waals surface area contributed by atoms with Crippen LogP contribution >= 0.6 is 23.5 Å². The number of nitriles is 1. The molecule has 0 heterocycles. The summed E-state index contributed by atoms with van der Waals surface area (Å²) in [7, 11) is 0. The van der Waals surface area contributed by atoms with Gasteiger partial charge >= 0.3 is 0 Å². The van der Waals surface area contributed by atoms with Crippen molar-refractivity contribution in [2.24, 2.45) is 5.10 Å². The Bertz CT molecular complexity index is 332. The molecule has 0 aromatic carbocycles. The van der Waals surface area contributed by atoms with Crippen molar-refractivity contribution in [3.8, 4) is 6.07 Å². The Morgan fingerprint density at radius 3 is 2.20 bits per heavy atom. The highest BCUT2D eigenvalue weighted by molar-refractivity contribution is 8.21. The number of hydrazone groups is 1. The maximum Gasteiger partial charge on any atom is 0.283 e. The summed E-state index contributed by atoms with van der Waals surface area (Å²) in [6.07, 6.45) is 3.65. The molecule has 0 fully saturated rings. The molecule has 0 aliphatic heterocycles. The maximum absolute atomic E-state index is 11.5. The van der Waals surface area contributed by atoms with Crippen LogP contribution in [0.2, 0.25) is 0 Å². The van der Waals surface area contributed by atoms with Gasteiger partial charge in [0.1, 0.15) is 11.6 Å². The standard InChI is InChI=1S/C9H13N3OS2/c1-6(2)11-12-8(13)7(5-10)9(14-3)15-4/h1-4H3,(H,12,13). The Labute approximate surface area is 98.2 Å². The van der Waals surface area contributed by atoms with Crippen molar-refractivity contribution in [3.05, 3.63) is 9.81 Å². The fourth-order valence-electron chi connectivity index (χ4n) is 0.695. The highest BCUT2D eigenvalue weighted by Crippen LogP contribution is 2.27. The zero-order chi connectivity index (χ0) is 11.8. The molecule has 0 aromatic heterocycles. The molecule has 6 heteroatoms. The van der Waals surface area contributed by atoms with E-state index in [1.807, 2.05) is 18.6 Å². The first-order valence-corrected chi connectivity index (χ1v) is 6.55. The van der Waals surface area contributed by atoms with Gasteiger partial charge in [-0.05, 0) is 26.4 Å². The van der Waals surface area contributed by atoms with Gasteiger partial charge in [-0.2, -0.15) is 10.4 Å². The van der Waals surface area contributed by atoms with Gasteiger partial charge in [0.05, 0.1) is 4.24 Å². The molecule has 0 saturated carbocycles. The van der Waals surface area contributed by atoms with Crippen molar-refractivity contribution in [3.63, 3.8) is 0 Å². The Morgan fingerprint density at radius 1 is 1.33 bits per heavy atom. The van der Waals surface area contributed by atoms with Gasteiger partial charge in [-0.3, -0.25) is 4.79 Å². The number of thioether (sulfide) groups is 2. The molecule has 0 spiro atoms. The van der Waals surface area contributed by atoms with Gasteiger partial charge in [-0.25, -0.2) is 5.43 Å². The molecule has 1 N–H and O–H groups in total. The Balaban J connectivity index is 4.85. The molecule has 0 aromatic rings. The third kappa shape index (κ3) is 4.91. The van der Waals surface area contributed by atoms with Crippen molar-refractivity contribution in [1.29, 1.82) is 5.26 Å². The first-order valence-electron chi connectivity index (χ1n) is 4.10. The zero-order valence-electron chi connectivity index (χ0n) is 9.12. The quantitative estimate of drug-likeness (QED) is 0.355. The second kappa shape index (κ2) is 7.37. The van der Waals surface area contributed by atoms with Crippen molar-refractivity contribution in [1.82, 2.24) is 5.43 Å². The minimum atomic E-state index is -0.461. The van der Waals surface area contributed by atoms with E-state index in [0.29, 0.717) is 4.24 Å². The molecular formula is C9H13N3OS2. The predicted octanol–water partition coefficient (Wildman–Crippen LogP) is 1.96. The monoisotopic (exact) mass is 243 g/mol. The fourth-order valence-corrected chi connectivity index (χ4v) is 2.05. The Hall–Kier alpha value is -0.930. The molecule has 0 rings (SSSR count). The molecule has 82 valence electrons. The molecule has 4 nitrogen and oxygen atoms in total. The van der Waals surface area contributed by atoms with Crippen molar-refractivity contribution in [2.75, 3.05) is 12.5 Å². The second-order valence-corrected chi connectivity index (χ2v) is 4.57. The van der Waals surface area contributed by atoms with E-state index in [9.17, 15) is 4.79 Å². The summed E-state index contributed by atoms with van der Waals surface area (Å²) in [5, 5.41) is 12.6. The molecular weight excluding hydrogens is 230 g/mol. The number of rotatable bonds is 4. The van der Waals surface area contributed by atoms with Gasteiger partial charge in [0, 0.05) is 5.71 Å². The highest BCUT2D eigenvalue weighted by atomic mass is 32.2. The average molecular weight is 243 g/mol. The molecule has 0 atom stereocenters. The summed E-state index contributed by atoms with van der Waals surface area (Å²) in [6, 6.07) is 1.88. The fraction of sp³-hybridized carbons (Fsp3) is 0.444. The molecule has 0 aliphatic carbocycles. The molecule has 0 aliphatic rings. The van der Waals surface area contributed by atoms with Gasteiger partial charge in [-0.1, -0.05) is 0 Å². The van der Waals surface area contributed by atoms with E-state index in [-0.39, 0.29) is 5.57 Å². The lowest BCUT2D eigenvalue weighted by Crippen LogP contribution is -2.20. The third-order valence-electron chi connectivity index (χ3n) is 1.29. The van der Waals surface area contributed by atoms with Crippen LogP contribution in [0.3, 0.4) is 0 Å². The first kappa shape index (κ1) is 14.1. The molecule has 15 heavy (non-hydrogen) atoms. The van der Waals surface area contributed by atoms with Crippen LogP contribution < -0.4 is 5.43 Å².